The Morgan fingerprint density at radius 1 is 1.24 bits per heavy atom. The molecule has 0 aromatic heterocycles. The summed E-state index contributed by atoms with van der Waals surface area (Å²) < 4.78 is 0. The van der Waals surface area contributed by atoms with Crippen LogP contribution < -0.4 is 10.6 Å². The zero-order valence-corrected chi connectivity index (χ0v) is 15.3. The summed E-state index contributed by atoms with van der Waals surface area (Å²) in [4.78, 5) is 26.6. The van der Waals surface area contributed by atoms with E-state index in [4.69, 9.17) is 0 Å². The molecular formula is C20H29N3O2. The van der Waals surface area contributed by atoms with Crippen molar-refractivity contribution in [3.63, 3.8) is 0 Å². The maximum Gasteiger partial charge on any atom is 0.253 e. The van der Waals surface area contributed by atoms with Crippen LogP contribution in [0.4, 0.5) is 5.69 Å². The number of aryl methyl sites for hydroxylation is 1. The second-order valence-corrected chi connectivity index (χ2v) is 7.65. The van der Waals surface area contributed by atoms with Crippen LogP contribution in [0.15, 0.2) is 18.2 Å². The van der Waals surface area contributed by atoms with Gasteiger partial charge in [0.2, 0.25) is 5.91 Å². The van der Waals surface area contributed by atoms with Gasteiger partial charge in [-0.1, -0.05) is 6.92 Å². The highest BCUT2D eigenvalue weighted by Gasteiger charge is 2.23. The quantitative estimate of drug-likeness (QED) is 0.835. The average Bonchev–Trinajstić information content (AvgIpc) is 3.40. The highest BCUT2D eigenvalue weighted by atomic mass is 16.2. The molecule has 1 saturated heterocycles. The predicted octanol–water partition coefficient (Wildman–Crippen LogP) is 2.81. The molecule has 2 N–H and O–H groups in total. The molecule has 0 unspecified atom stereocenters. The molecule has 1 aliphatic heterocycles. The Morgan fingerprint density at radius 2 is 2.04 bits per heavy atom. The summed E-state index contributed by atoms with van der Waals surface area (Å²) in [6, 6.07) is 5.55. The number of rotatable bonds is 6. The molecule has 1 aromatic carbocycles. The molecule has 25 heavy (non-hydrogen) atoms. The van der Waals surface area contributed by atoms with E-state index in [1.54, 1.807) is 0 Å². The Bertz CT molecular complexity index is 640. The first-order chi connectivity index (χ1) is 12.0. The summed E-state index contributed by atoms with van der Waals surface area (Å²) in [7, 11) is 0. The Balaban J connectivity index is 1.55. The van der Waals surface area contributed by atoms with Crippen molar-refractivity contribution >= 4 is 17.5 Å². The number of nitrogens with one attached hydrogen (secondary N) is 2. The number of hydrogen-bond donors (Lipinski definition) is 2. The van der Waals surface area contributed by atoms with Gasteiger partial charge < -0.3 is 15.5 Å². The fourth-order valence-corrected chi connectivity index (χ4v) is 3.40. The smallest absolute Gasteiger partial charge is 0.253 e. The van der Waals surface area contributed by atoms with Gasteiger partial charge in [-0.05, 0) is 74.8 Å². The predicted molar refractivity (Wildman–Crippen MR) is 99.7 cm³/mol. The summed E-state index contributed by atoms with van der Waals surface area (Å²) in [5.74, 6) is 1.39. The first kappa shape index (κ1) is 17.9. The van der Waals surface area contributed by atoms with Crippen molar-refractivity contribution in [1.82, 2.24) is 10.2 Å². The molecule has 0 spiro atoms. The second-order valence-electron chi connectivity index (χ2n) is 7.65. The average molecular weight is 343 g/mol. The SMILES string of the molecule is Cc1cc(C(=O)N2CCC[C@H](C)C2)ccc1NC(=O)CNCC1CC1. The Hall–Kier alpha value is -1.88. The van der Waals surface area contributed by atoms with Crippen molar-refractivity contribution in [3.8, 4) is 0 Å². The molecule has 5 heteroatoms. The maximum atomic E-state index is 12.7. The minimum atomic E-state index is -0.0346. The Kier molecular flexibility index (Phi) is 5.74. The van der Waals surface area contributed by atoms with Crippen LogP contribution in [0.1, 0.15) is 48.5 Å². The zero-order chi connectivity index (χ0) is 17.8. The van der Waals surface area contributed by atoms with Crippen LogP contribution in [0.25, 0.3) is 0 Å². The molecule has 5 nitrogen and oxygen atoms in total. The van der Waals surface area contributed by atoms with E-state index >= 15 is 0 Å². The van der Waals surface area contributed by atoms with Crippen LogP contribution in [0.3, 0.4) is 0 Å². The summed E-state index contributed by atoms with van der Waals surface area (Å²) in [6.45, 7) is 7.07. The van der Waals surface area contributed by atoms with Crippen LogP contribution in [0.2, 0.25) is 0 Å². The van der Waals surface area contributed by atoms with Crippen molar-refractivity contribution in [2.24, 2.45) is 11.8 Å². The number of amides is 2. The number of carbonyl (C=O) groups is 2. The molecule has 1 atom stereocenters. The lowest BCUT2D eigenvalue weighted by Crippen LogP contribution is -2.39. The van der Waals surface area contributed by atoms with Gasteiger partial charge in [0.1, 0.15) is 0 Å². The van der Waals surface area contributed by atoms with Crippen molar-refractivity contribution in [3.05, 3.63) is 29.3 Å². The van der Waals surface area contributed by atoms with Gasteiger partial charge in [0.15, 0.2) is 0 Å². The monoisotopic (exact) mass is 343 g/mol. The van der Waals surface area contributed by atoms with E-state index in [1.165, 1.54) is 19.3 Å². The molecule has 0 bridgehead atoms. The summed E-state index contributed by atoms with van der Waals surface area (Å²) in [5.41, 5.74) is 2.41. The van der Waals surface area contributed by atoms with E-state index < -0.39 is 0 Å². The van der Waals surface area contributed by atoms with E-state index in [0.29, 0.717) is 18.0 Å². The number of carbonyl (C=O) groups excluding carboxylic acids is 2. The van der Waals surface area contributed by atoms with Crippen molar-refractivity contribution < 1.29 is 9.59 Å². The lowest BCUT2D eigenvalue weighted by atomic mass is 9.99. The minimum absolute atomic E-state index is 0.0346. The topological polar surface area (TPSA) is 61.4 Å². The van der Waals surface area contributed by atoms with Crippen LogP contribution in [0.5, 0.6) is 0 Å². The fourth-order valence-electron chi connectivity index (χ4n) is 3.40. The highest BCUT2D eigenvalue weighted by Crippen LogP contribution is 2.27. The third-order valence-corrected chi connectivity index (χ3v) is 5.11. The summed E-state index contributed by atoms with van der Waals surface area (Å²) in [6.07, 6.45) is 4.83. The van der Waals surface area contributed by atoms with Gasteiger partial charge in [-0.3, -0.25) is 9.59 Å². The molecule has 2 aliphatic rings. The molecule has 2 amide bonds. The van der Waals surface area contributed by atoms with Crippen LogP contribution in [0, 0.1) is 18.8 Å². The van der Waals surface area contributed by atoms with Gasteiger partial charge in [-0.15, -0.1) is 0 Å². The number of hydrogen-bond acceptors (Lipinski definition) is 3. The minimum Gasteiger partial charge on any atom is -0.338 e. The van der Waals surface area contributed by atoms with Gasteiger partial charge in [-0.25, -0.2) is 0 Å². The molecule has 2 fully saturated rings. The second kappa shape index (κ2) is 8.00. The van der Waals surface area contributed by atoms with Gasteiger partial charge in [0, 0.05) is 24.3 Å². The lowest BCUT2D eigenvalue weighted by molar-refractivity contribution is -0.115. The normalized spacial score (nSPS) is 20.4. The van der Waals surface area contributed by atoms with E-state index in [1.807, 2.05) is 30.0 Å². The number of nitrogens with zero attached hydrogens (tertiary/aromatic N) is 1. The fraction of sp³-hybridized carbons (Fsp3) is 0.600. The Morgan fingerprint density at radius 3 is 2.72 bits per heavy atom. The van der Waals surface area contributed by atoms with Crippen LogP contribution in [-0.2, 0) is 4.79 Å². The van der Waals surface area contributed by atoms with Crippen LogP contribution >= 0.6 is 0 Å². The molecule has 1 aromatic rings. The van der Waals surface area contributed by atoms with Crippen molar-refractivity contribution in [2.45, 2.75) is 39.5 Å². The molecule has 3 rings (SSSR count). The molecule has 1 aliphatic carbocycles. The third-order valence-electron chi connectivity index (χ3n) is 5.11. The number of likely N-dealkylation sites (tertiary alicyclic amines) is 1. The van der Waals surface area contributed by atoms with Crippen LogP contribution in [-0.4, -0.2) is 42.9 Å². The van der Waals surface area contributed by atoms with Crippen molar-refractivity contribution in [2.75, 3.05) is 31.5 Å². The van der Waals surface area contributed by atoms with E-state index in [9.17, 15) is 9.59 Å². The molecule has 136 valence electrons. The number of piperidine rings is 1. The summed E-state index contributed by atoms with van der Waals surface area (Å²) >= 11 is 0. The van der Waals surface area contributed by atoms with Gasteiger partial charge >= 0.3 is 0 Å². The van der Waals surface area contributed by atoms with Gasteiger partial charge in [0.05, 0.1) is 6.54 Å². The molecule has 0 radical (unpaired) electrons. The Labute approximate surface area is 150 Å². The largest absolute Gasteiger partial charge is 0.338 e. The number of benzene rings is 1. The van der Waals surface area contributed by atoms with E-state index in [-0.39, 0.29) is 11.8 Å². The molecular weight excluding hydrogens is 314 g/mol. The van der Waals surface area contributed by atoms with Crippen molar-refractivity contribution in [1.29, 1.82) is 0 Å². The standard InChI is InChI=1S/C20H29N3O2/c1-14-4-3-9-23(13-14)20(25)17-7-8-18(15(2)10-17)22-19(24)12-21-11-16-5-6-16/h7-8,10,14,16,21H,3-6,9,11-13H2,1-2H3,(H,22,24)/t14-/m0/s1. The first-order valence-corrected chi connectivity index (χ1v) is 9.43. The van der Waals surface area contributed by atoms with Gasteiger partial charge in [0.25, 0.3) is 5.91 Å². The summed E-state index contributed by atoms with van der Waals surface area (Å²) in [5, 5.41) is 6.12. The molecule has 1 heterocycles. The number of anilines is 1. The maximum absolute atomic E-state index is 12.7. The third kappa shape index (κ3) is 5.05. The lowest BCUT2D eigenvalue weighted by Gasteiger charge is -2.31. The van der Waals surface area contributed by atoms with E-state index in [0.717, 1.165) is 43.2 Å². The zero-order valence-electron chi connectivity index (χ0n) is 15.3. The van der Waals surface area contributed by atoms with E-state index in [2.05, 4.69) is 17.6 Å². The molecule has 1 saturated carbocycles. The van der Waals surface area contributed by atoms with Gasteiger partial charge in [-0.2, -0.15) is 0 Å². The highest BCUT2D eigenvalue weighted by molar-refractivity contribution is 5.97. The first-order valence-electron chi connectivity index (χ1n) is 9.43.